The minimum atomic E-state index is -0.210. The molecule has 0 bridgehead atoms. The fraction of sp³-hybridized carbons (Fsp3) is 0.200. The Hall–Kier alpha value is -1.87. The molecule has 0 aliphatic heterocycles. The summed E-state index contributed by atoms with van der Waals surface area (Å²) in [6.07, 6.45) is 0. The third kappa shape index (κ3) is 3.08. The molecule has 0 atom stereocenters. The first-order valence-corrected chi connectivity index (χ1v) is 5.88. The van der Waals surface area contributed by atoms with Crippen molar-refractivity contribution >= 4 is 5.69 Å². The zero-order valence-electron chi connectivity index (χ0n) is 10.3. The van der Waals surface area contributed by atoms with E-state index < -0.39 is 0 Å². The van der Waals surface area contributed by atoms with E-state index in [9.17, 15) is 4.39 Å². The van der Waals surface area contributed by atoms with E-state index in [0.29, 0.717) is 6.54 Å². The van der Waals surface area contributed by atoms with Gasteiger partial charge in [0.25, 0.3) is 0 Å². The van der Waals surface area contributed by atoms with E-state index in [1.165, 1.54) is 12.1 Å². The molecule has 0 aliphatic carbocycles. The maximum absolute atomic E-state index is 13.0. The molecule has 0 heterocycles. The summed E-state index contributed by atoms with van der Waals surface area (Å²) in [5.74, 6) is -0.210. The Morgan fingerprint density at radius 1 is 1.17 bits per heavy atom. The largest absolute Gasteiger partial charge is 0.392 e. The van der Waals surface area contributed by atoms with Gasteiger partial charge in [-0.1, -0.05) is 18.2 Å². The van der Waals surface area contributed by atoms with E-state index in [1.807, 2.05) is 31.2 Å². The van der Waals surface area contributed by atoms with Gasteiger partial charge in [0.15, 0.2) is 0 Å². The van der Waals surface area contributed by atoms with Crippen LogP contribution < -0.4 is 5.32 Å². The Labute approximate surface area is 106 Å². The molecule has 2 aromatic rings. The highest BCUT2D eigenvalue weighted by atomic mass is 19.1. The fourth-order valence-corrected chi connectivity index (χ4v) is 1.83. The summed E-state index contributed by atoms with van der Waals surface area (Å²) in [6.45, 7) is 2.57. The first kappa shape index (κ1) is 12.6. The Kier molecular flexibility index (Phi) is 3.95. The first-order chi connectivity index (χ1) is 8.69. The molecule has 0 amide bonds. The van der Waals surface area contributed by atoms with Gasteiger partial charge >= 0.3 is 0 Å². The Morgan fingerprint density at radius 3 is 2.72 bits per heavy atom. The molecule has 0 unspecified atom stereocenters. The van der Waals surface area contributed by atoms with Crippen LogP contribution in [0.2, 0.25) is 0 Å². The predicted molar refractivity (Wildman–Crippen MR) is 70.8 cm³/mol. The third-order valence-corrected chi connectivity index (χ3v) is 2.90. The van der Waals surface area contributed by atoms with Crippen LogP contribution in [-0.4, -0.2) is 5.11 Å². The number of aliphatic hydroxyl groups is 1. The normalized spacial score (nSPS) is 10.4. The van der Waals surface area contributed by atoms with E-state index in [1.54, 1.807) is 6.07 Å². The summed E-state index contributed by atoms with van der Waals surface area (Å²) in [6, 6.07) is 12.4. The number of rotatable bonds is 4. The van der Waals surface area contributed by atoms with E-state index in [0.717, 1.165) is 22.4 Å². The van der Waals surface area contributed by atoms with Crippen molar-refractivity contribution in [2.45, 2.75) is 20.1 Å². The Bertz CT molecular complexity index is 540. The van der Waals surface area contributed by atoms with Crippen LogP contribution in [0.1, 0.15) is 16.7 Å². The van der Waals surface area contributed by atoms with Crippen LogP contribution in [-0.2, 0) is 13.2 Å². The molecule has 0 spiro atoms. The second-order valence-electron chi connectivity index (χ2n) is 4.28. The van der Waals surface area contributed by atoms with Crippen molar-refractivity contribution in [3.05, 3.63) is 65.0 Å². The summed E-state index contributed by atoms with van der Waals surface area (Å²) in [7, 11) is 0. The average Bonchev–Trinajstić information content (AvgIpc) is 2.38. The van der Waals surface area contributed by atoms with Crippen LogP contribution in [0.3, 0.4) is 0 Å². The maximum Gasteiger partial charge on any atom is 0.123 e. The van der Waals surface area contributed by atoms with Crippen LogP contribution in [0.4, 0.5) is 10.1 Å². The van der Waals surface area contributed by atoms with Gasteiger partial charge in [-0.05, 0) is 47.9 Å². The molecule has 2 nitrogen and oxygen atoms in total. The molecule has 0 radical (unpaired) electrons. The molecule has 0 saturated heterocycles. The minimum absolute atomic E-state index is 0.0328. The number of hydrogen-bond acceptors (Lipinski definition) is 2. The van der Waals surface area contributed by atoms with Gasteiger partial charge in [0, 0.05) is 12.2 Å². The van der Waals surface area contributed by atoms with E-state index in [-0.39, 0.29) is 12.4 Å². The number of aryl methyl sites for hydroxylation is 1. The van der Waals surface area contributed by atoms with Crippen LogP contribution in [0.15, 0.2) is 42.5 Å². The lowest BCUT2D eigenvalue weighted by Gasteiger charge is -2.10. The molecular formula is C15H16FNO. The molecule has 18 heavy (non-hydrogen) atoms. The second-order valence-corrected chi connectivity index (χ2v) is 4.28. The van der Waals surface area contributed by atoms with Gasteiger partial charge in [-0.2, -0.15) is 0 Å². The van der Waals surface area contributed by atoms with Gasteiger partial charge in [-0.15, -0.1) is 0 Å². The smallest absolute Gasteiger partial charge is 0.123 e. The lowest BCUT2D eigenvalue weighted by molar-refractivity contribution is 0.282. The number of nitrogens with one attached hydrogen (secondary N) is 1. The average molecular weight is 245 g/mol. The van der Waals surface area contributed by atoms with Crippen LogP contribution in [0, 0.1) is 12.7 Å². The summed E-state index contributed by atoms with van der Waals surface area (Å²) < 4.78 is 13.0. The molecule has 0 fully saturated rings. The SMILES string of the molecule is Cc1cc(F)ccc1CNc1cccc(CO)c1. The first-order valence-electron chi connectivity index (χ1n) is 5.88. The monoisotopic (exact) mass is 245 g/mol. The van der Waals surface area contributed by atoms with E-state index in [2.05, 4.69) is 5.32 Å². The van der Waals surface area contributed by atoms with Crippen molar-refractivity contribution in [3.63, 3.8) is 0 Å². The summed E-state index contributed by atoms with van der Waals surface area (Å²) >= 11 is 0. The van der Waals surface area contributed by atoms with Crippen molar-refractivity contribution < 1.29 is 9.50 Å². The van der Waals surface area contributed by atoms with Gasteiger partial charge in [0.2, 0.25) is 0 Å². The second kappa shape index (κ2) is 5.65. The lowest BCUT2D eigenvalue weighted by Crippen LogP contribution is -2.02. The molecule has 2 N–H and O–H groups in total. The van der Waals surface area contributed by atoms with Gasteiger partial charge in [-0.25, -0.2) is 4.39 Å². The van der Waals surface area contributed by atoms with Crippen LogP contribution in [0.5, 0.6) is 0 Å². The zero-order valence-corrected chi connectivity index (χ0v) is 10.3. The predicted octanol–water partition coefficient (Wildman–Crippen LogP) is 3.24. The lowest BCUT2D eigenvalue weighted by atomic mass is 10.1. The number of hydrogen-bond donors (Lipinski definition) is 2. The number of halogens is 1. The summed E-state index contributed by atoms with van der Waals surface area (Å²) in [5, 5.41) is 12.3. The molecule has 0 aliphatic rings. The standard InChI is InChI=1S/C15H16FNO/c1-11-7-14(16)6-5-13(11)9-17-15-4-2-3-12(8-15)10-18/h2-8,17-18H,9-10H2,1H3. The molecule has 94 valence electrons. The number of aliphatic hydroxyl groups excluding tert-OH is 1. The number of anilines is 1. The van der Waals surface area contributed by atoms with Crippen LogP contribution in [0.25, 0.3) is 0 Å². The Balaban J connectivity index is 2.06. The highest BCUT2D eigenvalue weighted by molar-refractivity contribution is 5.46. The van der Waals surface area contributed by atoms with Crippen molar-refractivity contribution in [1.82, 2.24) is 0 Å². The van der Waals surface area contributed by atoms with Gasteiger partial charge in [0.05, 0.1) is 6.61 Å². The van der Waals surface area contributed by atoms with Crippen molar-refractivity contribution in [2.24, 2.45) is 0 Å². The van der Waals surface area contributed by atoms with E-state index in [4.69, 9.17) is 5.11 Å². The topological polar surface area (TPSA) is 32.3 Å². The molecule has 0 saturated carbocycles. The quantitative estimate of drug-likeness (QED) is 0.866. The van der Waals surface area contributed by atoms with Gasteiger partial charge in [0.1, 0.15) is 5.82 Å². The minimum Gasteiger partial charge on any atom is -0.392 e. The highest BCUT2D eigenvalue weighted by Crippen LogP contribution is 2.15. The highest BCUT2D eigenvalue weighted by Gasteiger charge is 2.00. The third-order valence-electron chi connectivity index (χ3n) is 2.90. The Morgan fingerprint density at radius 2 is 2.00 bits per heavy atom. The fourth-order valence-electron chi connectivity index (χ4n) is 1.83. The molecule has 3 heteroatoms. The molecule has 2 aromatic carbocycles. The summed E-state index contributed by atoms with van der Waals surface area (Å²) in [4.78, 5) is 0. The zero-order chi connectivity index (χ0) is 13.0. The van der Waals surface area contributed by atoms with Crippen molar-refractivity contribution in [1.29, 1.82) is 0 Å². The summed E-state index contributed by atoms with van der Waals surface area (Å²) in [5.41, 5.74) is 3.81. The van der Waals surface area contributed by atoms with Gasteiger partial charge < -0.3 is 10.4 Å². The van der Waals surface area contributed by atoms with Crippen molar-refractivity contribution in [2.75, 3.05) is 5.32 Å². The van der Waals surface area contributed by atoms with Gasteiger partial charge in [-0.3, -0.25) is 0 Å². The molecule has 2 rings (SSSR count). The number of benzene rings is 2. The maximum atomic E-state index is 13.0. The van der Waals surface area contributed by atoms with E-state index >= 15 is 0 Å². The van der Waals surface area contributed by atoms with Crippen LogP contribution >= 0.6 is 0 Å². The molecular weight excluding hydrogens is 229 g/mol. The van der Waals surface area contributed by atoms with Crippen molar-refractivity contribution in [3.8, 4) is 0 Å². The molecule has 0 aromatic heterocycles.